The molecule has 0 spiro atoms. The number of aromatic amines is 1. The van der Waals surface area contributed by atoms with Crippen molar-refractivity contribution in [1.29, 1.82) is 0 Å². The van der Waals surface area contributed by atoms with E-state index in [0.717, 1.165) is 42.6 Å². The van der Waals surface area contributed by atoms with E-state index >= 15 is 0 Å². The van der Waals surface area contributed by atoms with Crippen LogP contribution in [-0.2, 0) is 0 Å². The minimum absolute atomic E-state index is 0.0594. The number of benzene rings is 1. The number of nitrogens with one attached hydrogen (secondary N) is 2. The summed E-state index contributed by atoms with van der Waals surface area (Å²) >= 11 is 0. The van der Waals surface area contributed by atoms with Gasteiger partial charge in [0.2, 0.25) is 0 Å². The van der Waals surface area contributed by atoms with Gasteiger partial charge in [0.15, 0.2) is 11.6 Å². The highest BCUT2D eigenvalue weighted by molar-refractivity contribution is 5.72. The van der Waals surface area contributed by atoms with Crippen molar-refractivity contribution < 1.29 is 9.50 Å². The molecule has 3 aromatic rings. The normalized spacial score (nSPS) is 27.4. The van der Waals surface area contributed by atoms with Crippen molar-refractivity contribution in [2.24, 2.45) is 0 Å². The lowest BCUT2D eigenvalue weighted by Crippen LogP contribution is -2.50. The van der Waals surface area contributed by atoms with Crippen LogP contribution in [-0.4, -0.2) is 60.8 Å². The SMILES string of the molecule is Oc1cc(-c2cn[nH]c2)ccc1-c1ncc(N(C2CC2)[C@H]2C[C@H]3C[C@@H](F)[C@@H](C2)N3)nn1. The average molecular weight is 421 g/mol. The van der Waals surface area contributed by atoms with Crippen molar-refractivity contribution in [2.75, 3.05) is 4.90 Å². The molecule has 8 nitrogen and oxygen atoms in total. The Morgan fingerprint density at radius 1 is 1.03 bits per heavy atom. The second kappa shape index (κ2) is 7.26. The Balaban J connectivity index is 1.25. The fraction of sp³-hybridized carbons (Fsp3) is 0.455. The van der Waals surface area contributed by atoms with Gasteiger partial charge in [0.1, 0.15) is 11.9 Å². The number of phenolic OH excluding ortho intramolecular Hbond substituents is 1. The topological polar surface area (TPSA) is 103 Å². The van der Waals surface area contributed by atoms with Crippen molar-refractivity contribution in [3.05, 3.63) is 36.8 Å². The molecule has 3 N–H and O–H groups in total. The van der Waals surface area contributed by atoms with E-state index in [1.54, 1.807) is 30.7 Å². The molecule has 3 aliphatic rings. The van der Waals surface area contributed by atoms with Crippen LogP contribution in [0.5, 0.6) is 5.75 Å². The number of nitrogens with zero attached hydrogens (tertiary/aromatic N) is 5. The molecule has 0 radical (unpaired) electrons. The molecule has 31 heavy (non-hydrogen) atoms. The summed E-state index contributed by atoms with van der Waals surface area (Å²) in [5.41, 5.74) is 2.28. The molecule has 9 heteroatoms. The summed E-state index contributed by atoms with van der Waals surface area (Å²) < 4.78 is 14.2. The molecular formula is C22H24FN7O. The Morgan fingerprint density at radius 2 is 1.94 bits per heavy atom. The highest BCUT2D eigenvalue weighted by Crippen LogP contribution is 2.39. The third kappa shape index (κ3) is 3.42. The highest BCUT2D eigenvalue weighted by Gasteiger charge is 2.45. The molecule has 3 fully saturated rings. The van der Waals surface area contributed by atoms with Crippen molar-refractivity contribution in [3.8, 4) is 28.3 Å². The molecule has 2 aromatic heterocycles. The largest absolute Gasteiger partial charge is 0.507 e. The quantitative estimate of drug-likeness (QED) is 0.582. The zero-order chi connectivity index (χ0) is 20.9. The minimum Gasteiger partial charge on any atom is -0.507 e. The standard InChI is InChI=1S/C22H24FN7O/c23-18-7-14-6-16(8-19(18)27-14)30(15-2-3-15)21-11-24-22(29-28-21)17-4-1-12(5-20(17)31)13-9-25-26-10-13/h1,4-5,9-11,14-16,18-19,27,31H,2-3,6-8H2,(H,25,26)/t14-,16-,18+,19+/m0/s1. The molecule has 4 atom stereocenters. The van der Waals surface area contributed by atoms with Crippen LogP contribution in [0.4, 0.5) is 10.2 Å². The number of fused-ring (bicyclic) bond motifs is 2. The van der Waals surface area contributed by atoms with Gasteiger partial charge in [0.25, 0.3) is 0 Å². The van der Waals surface area contributed by atoms with E-state index in [4.69, 9.17) is 0 Å². The van der Waals surface area contributed by atoms with E-state index in [9.17, 15) is 9.50 Å². The molecule has 0 unspecified atom stereocenters. The van der Waals surface area contributed by atoms with E-state index in [1.165, 1.54) is 0 Å². The predicted octanol–water partition coefficient (Wildman–Crippen LogP) is 2.83. The number of H-pyrrole nitrogens is 1. The van der Waals surface area contributed by atoms with Crippen molar-refractivity contribution in [1.82, 2.24) is 30.7 Å². The monoisotopic (exact) mass is 421 g/mol. The Labute approximate surface area is 178 Å². The molecule has 4 heterocycles. The molecule has 1 aromatic carbocycles. The first-order valence-electron chi connectivity index (χ1n) is 10.9. The van der Waals surface area contributed by atoms with E-state index in [2.05, 4.69) is 35.6 Å². The van der Waals surface area contributed by atoms with Crippen LogP contribution in [0.25, 0.3) is 22.5 Å². The zero-order valence-corrected chi connectivity index (χ0v) is 16.9. The maximum absolute atomic E-state index is 14.2. The van der Waals surface area contributed by atoms with E-state index < -0.39 is 6.17 Å². The van der Waals surface area contributed by atoms with Gasteiger partial charge in [-0.2, -0.15) is 5.10 Å². The number of anilines is 1. The van der Waals surface area contributed by atoms with E-state index in [1.807, 2.05) is 6.07 Å². The van der Waals surface area contributed by atoms with Gasteiger partial charge >= 0.3 is 0 Å². The van der Waals surface area contributed by atoms with E-state index in [-0.39, 0.29) is 23.9 Å². The number of hydrogen-bond donors (Lipinski definition) is 3. The number of halogens is 1. The average Bonchev–Trinajstić information content (AvgIpc) is 3.37. The van der Waals surface area contributed by atoms with Gasteiger partial charge in [-0.25, -0.2) is 9.37 Å². The van der Waals surface area contributed by atoms with Crippen LogP contribution in [0, 0.1) is 0 Å². The fourth-order valence-electron chi connectivity index (χ4n) is 5.08. The van der Waals surface area contributed by atoms with Crippen LogP contribution in [0.2, 0.25) is 0 Å². The van der Waals surface area contributed by atoms with Crippen LogP contribution in [0.3, 0.4) is 0 Å². The van der Waals surface area contributed by atoms with Gasteiger partial charge in [-0.15, -0.1) is 10.2 Å². The fourth-order valence-corrected chi connectivity index (χ4v) is 5.08. The second-order valence-electron chi connectivity index (χ2n) is 8.84. The van der Waals surface area contributed by atoms with Crippen molar-refractivity contribution in [2.45, 2.75) is 62.4 Å². The molecule has 1 aliphatic carbocycles. The lowest BCUT2D eigenvalue weighted by molar-refractivity contribution is 0.271. The molecule has 2 saturated heterocycles. The van der Waals surface area contributed by atoms with Crippen LogP contribution >= 0.6 is 0 Å². The van der Waals surface area contributed by atoms with Gasteiger partial charge in [-0.1, -0.05) is 6.07 Å². The molecule has 0 amide bonds. The number of phenols is 1. The summed E-state index contributed by atoms with van der Waals surface area (Å²) in [5, 5.41) is 29.4. The van der Waals surface area contributed by atoms with Crippen LogP contribution in [0.15, 0.2) is 36.8 Å². The zero-order valence-electron chi connectivity index (χ0n) is 16.9. The second-order valence-corrected chi connectivity index (χ2v) is 8.84. The molecule has 2 aliphatic heterocycles. The number of rotatable bonds is 5. The molecule has 6 rings (SSSR count). The Morgan fingerprint density at radius 3 is 2.61 bits per heavy atom. The third-order valence-corrected chi connectivity index (χ3v) is 6.70. The minimum atomic E-state index is -0.754. The first-order valence-corrected chi connectivity index (χ1v) is 10.9. The third-order valence-electron chi connectivity index (χ3n) is 6.70. The summed E-state index contributed by atoms with van der Waals surface area (Å²) in [6.45, 7) is 0. The summed E-state index contributed by atoms with van der Waals surface area (Å²) in [5.74, 6) is 1.21. The number of piperidine rings is 1. The van der Waals surface area contributed by atoms with Crippen LogP contribution < -0.4 is 10.2 Å². The molecular weight excluding hydrogens is 397 g/mol. The van der Waals surface area contributed by atoms with Crippen molar-refractivity contribution >= 4 is 5.82 Å². The number of alkyl halides is 1. The van der Waals surface area contributed by atoms with Gasteiger partial charge in [-0.05, 0) is 49.8 Å². The van der Waals surface area contributed by atoms with Crippen molar-refractivity contribution in [3.63, 3.8) is 0 Å². The van der Waals surface area contributed by atoms with Gasteiger partial charge in [0, 0.05) is 35.9 Å². The number of hydrogen-bond acceptors (Lipinski definition) is 7. The number of aromatic nitrogens is 5. The summed E-state index contributed by atoms with van der Waals surface area (Å²) in [6.07, 6.45) is 9.02. The van der Waals surface area contributed by atoms with E-state index in [0.29, 0.717) is 23.9 Å². The molecule has 160 valence electrons. The number of aromatic hydroxyl groups is 1. The molecule has 1 saturated carbocycles. The Bertz CT molecular complexity index is 1070. The maximum atomic E-state index is 14.2. The van der Waals surface area contributed by atoms with Gasteiger partial charge in [0.05, 0.1) is 18.0 Å². The lowest BCUT2D eigenvalue weighted by Gasteiger charge is -2.38. The maximum Gasteiger partial charge on any atom is 0.185 e. The Hall–Kier alpha value is -3.07. The highest BCUT2D eigenvalue weighted by atomic mass is 19.1. The summed E-state index contributed by atoms with van der Waals surface area (Å²) in [7, 11) is 0. The smallest absolute Gasteiger partial charge is 0.185 e. The van der Waals surface area contributed by atoms with Crippen LogP contribution in [0.1, 0.15) is 32.1 Å². The first-order chi connectivity index (χ1) is 15.2. The lowest BCUT2D eigenvalue weighted by atomic mass is 9.98. The van der Waals surface area contributed by atoms with Gasteiger partial charge < -0.3 is 15.3 Å². The first kappa shape index (κ1) is 18.7. The molecule has 2 bridgehead atoms. The van der Waals surface area contributed by atoms with Gasteiger partial charge in [-0.3, -0.25) is 5.10 Å². The Kier molecular flexibility index (Phi) is 4.38. The summed E-state index contributed by atoms with van der Waals surface area (Å²) in [6, 6.07) is 6.23. The predicted molar refractivity (Wildman–Crippen MR) is 113 cm³/mol. The summed E-state index contributed by atoms with van der Waals surface area (Å²) in [4.78, 5) is 6.82.